The van der Waals surface area contributed by atoms with Crippen LogP contribution in [0.5, 0.6) is 0 Å². The molecule has 1 aliphatic heterocycles. The lowest BCUT2D eigenvalue weighted by molar-refractivity contribution is 0.0614. The van der Waals surface area contributed by atoms with Crippen molar-refractivity contribution in [3.05, 3.63) is 107 Å². The highest BCUT2D eigenvalue weighted by atomic mass is 19.1. The minimum Gasteiger partial charge on any atom is -0.376 e. The number of hydrogen-bond acceptors (Lipinski definition) is 3. The van der Waals surface area contributed by atoms with Crippen LogP contribution in [0.2, 0.25) is 0 Å². The van der Waals surface area contributed by atoms with Gasteiger partial charge in [0, 0.05) is 13.2 Å². The Morgan fingerprint density at radius 1 is 0.829 bits per heavy atom. The largest absolute Gasteiger partial charge is 0.376 e. The van der Waals surface area contributed by atoms with Crippen molar-refractivity contribution in [1.29, 1.82) is 0 Å². The van der Waals surface area contributed by atoms with Crippen molar-refractivity contribution in [2.24, 2.45) is 16.9 Å². The molecule has 3 nitrogen and oxygen atoms in total. The van der Waals surface area contributed by atoms with E-state index in [-0.39, 0.29) is 17.8 Å². The second-order valence-corrected chi connectivity index (χ2v) is 10.1. The molecule has 182 valence electrons. The van der Waals surface area contributed by atoms with Crippen LogP contribution in [0.3, 0.4) is 0 Å². The van der Waals surface area contributed by atoms with Gasteiger partial charge in [0.05, 0.1) is 24.3 Å². The summed E-state index contributed by atoms with van der Waals surface area (Å²) in [6.07, 6.45) is 4.89. The second-order valence-electron chi connectivity index (χ2n) is 10.1. The van der Waals surface area contributed by atoms with Gasteiger partial charge in [-0.15, -0.1) is 0 Å². The van der Waals surface area contributed by atoms with E-state index in [0.717, 1.165) is 24.4 Å². The molecule has 0 saturated heterocycles. The molecule has 1 heterocycles. The molecule has 1 fully saturated rings. The van der Waals surface area contributed by atoms with E-state index in [1.54, 1.807) is 0 Å². The fraction of sp³-hybridized carbons (Fsp3) is 0.387. The van der Waals surface area contributed by atoms with E-state index >= 15 is 0 Å². The number of ether oxygens (including phenoxy) is 1. The van der Waals surface area contributed by atoms with Gasteiger partial charge in [0.2, 0.25) is 0 Å². The van der Waals surface area contributed by atoms with Crippen molar-refractivity contribution in [3.8, 4) is 0 Å². The van der Waals surface area contributed by atoms with E-state index < -0.39 is 0 Å². The Kier molecular flexibility index (Phi) is 7.58. The van der Waals surface area contributed by atoms with E-state index in [2.05, 4.69) is 66.5 Å². The number of hydrazone groups is 1. The van der Waals surface area contributed by atoms with E-state index in [1.807, 2.05) is 18.2 Å². The Hall–Kier alpha value is -2.98. The summed E-state index contributed by atoms with van der Waals surface area (Å²) in [7, 11) is 0. The van der Waals surface area contributed by atoms with Gasteiger partial charge in [0.25, 0.3) is 0 Å². The lowest BCUT2D eigenvalue weighted by Crippen LogP contribution is -2.34. The molecule has 5 rings (SSSR count). The fourth-order valence-electron chi connectivity index (χ4n) is 5.62. The quantitative estimate of drug-likeness (QED) is 0.353. The Balaban J connectivity index is 1.20. The molecule has 1 saturated carbocycles. The predicted octanol–water partition coefficient (Wildman–Crippen LogP) is 7.04. The Morgan fingerprint density at radius 2 is 1.46 bits per heavy atom. The highest BCUT2D eigenvalue weighted by molar-refractivity contribution is 6.06. The topological polar surface area (TPSA) is 24.8 Å². The zero-order valence-electron chi connectivity index (χ0n) is 20.5. The van der Waals surface area contributed by atoms with Crippen LogP contribution in [-0.2, 0) is 11.3 Å². The summed E-state index contributed by atoms with van der Waals surface area (Å²) < 4.78 is 19.6. The normalized spacial score (nSPS) is 24.4. The van der Waals surface area contributed by atoms with E-state index in [4.69, 9.17) is 9.84 Å². The number of rotatable bonds is 8. The number of benzene rings is 3. The molecule has 2 unspecified atom stereocenters. The third kappa shape index (κ3) is 5.82. The first-order valence-electron chi connectivity index (χ1n) is 12.9. The van der Waals surface area contributed by atoms with Gasteiger partial charge in [-0.3, -0.25) is 5.01 Å². The van der Waals surface area contributed by atoms with Crippen molar-refractivity contribution in [1.82, 2.24) is 5.01 Å². The van der Waals surface area contributed by atoms with Crippen LogP contribution in [0.25, 0.3) is 0 Å². The van der Waals surface area contributed by atoms with Crippen molar-refractivity contribution >= 4 is 5.71 Å². The van der Waals surface area contributed by atoms with Gasteiger partial charge in [-0.05, 0) is 73.3 Å². The van der Waals surface area contributed by atoms with Crippen LogP contribution < -0.4 is 0 Å². The molecule has 0 aromatic heterocycles. The fourth-order valence-corrected chi connectivity index (χ4v) is 5.62. The van der Waals surface area contributed by atoms with Crippen LogP contribution in [0, 0.1) is 17.7 Å². The van der Waals surface area contributed by atoms with Crippen molar-refractivity contribution in [2.75, 3.05) is 13.2 Å². The van der Waals surface area contributed by atoms with Crippen molar-refractivity contribution in [2.45, 2.75) is 51.2 Å². The van der Waals surface area contributed by atoms with Gasteiger partial charge in [0.1, 0.15) is 5.82 Å². The van der Waals surface area contributed by atoms with Crippen LogP contribution >= 0.6 is 0 Å². The summed E-state index contributed by atoms with van der Waals surface area (Å²) in [6, 6.07) is 28.1. The van der Waals surface area contributed by atoms with Crippen LogP contribution in [0.1, 0.15) is 55.2 Å². The van der Waals surface area contributed by atoms with Gasteiger partial charge >= 0.3 is 0 Å². The number of halogens is 1. The average molecular weight is 471 g/mol. The van der Waals surface area contributed by atoms with Gasteiger partial charge in [0.15, 0.2) is 0 Å². The Morgan fingerprint density at radius 3 is 2.14 bits per heavy atom. The first kappa shape index (κ1) is 23.7. The molecule has 2 atom stereocenters. The van der Waals surface area contributed by atoms with Crippen LogP contribution in [0.4, 0.5) is 4.39 Å². The summed E-state index contributed by atoms with van der Waals surface area (Å²) in [5.74, 6) is 1.28. The first-order valence-corrected chi connectivity index (χ1v) is 12.9. The SMILES string of the molecule is CC1C(c2ccccc2)C(c2ccc(F)cc2)=NN1CC1CCC(COCc2ccccc2)CC1. The zero-order chi connectivity index (χ0) is 24.0. The molecule has 3 aromatic carbocycles. The molecule has 0 amide bonds. The van der Waals surface area contributed by atoms with Crippen LogP contribution in [-0.4, -0.2) is 29.9 Å². The number of hydrogen-bond donors (Lipinski definition) is 0. The predicted molar refractivity (Wildman–Crippen MR) is 140 cm³/mol. The van der Waals surface area contributed by atoms with E-state index in [9.17, 15) is 4.39 Å². The average Bonchev–Trinajstić information content (AvgIpc) is 3.22. The Labute approximate surface area is 208 Å². The second kappa shape index (κ2) is 11.2. The molecule has 35 heavy (non-hydrogen) atoms. The Bertz CT molecular complexity index is 1090. The third-order valence-electron chi connectivity index (χ3n) is 7.66. The molecule has 3 aromatic rings. The zero-order valence-corrected chi connectivity index (χ0v) is 20.5. The third-order valence-corrected chi connectivity index (χ3v) is 7.66. The smallest absolute Gasteiger partial charge is 0.123 e. The van der Waals surface area contributed by atoms with Gasteiger partial charge < -0.3 is 4.74 Å². The summed E-state index contributed by atoms with van der Waals surface area (Å²) in [5.41, 5.74) is 4.57. The molecular formula is C31H35FN2O. The molecule has 1 aliphatic carbocycles. The maximum atomic E-state index is 13.6. The molecule has 0 bridgehead atoms. The highest BCUT2D eigenvalue weighted by Crippen LogP contribution is 2.37. The minimum atomic E-state index is -0.210. The molecular weight excluding hydrogens is 435 g/mol. The maximum Gasteiger partial charge on any atom is 0.123 e. The van der Waals surface area contributed by atoms with Gasteiger partial charge in [-0.2, -0.15) is 5.10 Å². The molecule has 0 N–H and O–H groups in total. The lowest BCUT2D eigenvalue weighted by Gasteiger charge is -2.33. The van der Waals surface area contributed by atoms with E-state index in [0.29, 0.717) is 18.4 Å². The monoisotopic (exact) mass is 470 g/mol. The molecule has 0 radical (unpaired) electrons. The van der Waals surface area contributed by atoms with Crippen molar-refractivity contribution < 1.29 is 9.13 Å². The van der Waals surface area contributed by atoms with Gasteiger partial charge in [-0.25, -0.2) is 4.39 Å². The highest BCUT2D eigenvalue weighted by Gasteiger charge is 2.37. The molecule has 0 spiro atoms. The van der Waals surface area contributed by atoms with E-state index in [1.165, 1.54) is 48.9 Å². The lowest BCUT2D eigenvalue weighted by atomic mass is 9.81. The minimum absolute atomic E-state index is 0.185. The summed E-state index contributed by atoms with van der Waals surface area (Å²) in [6.45, 7) is 4.81. The summed E-state index contributed by atoms with van der Waals surface area (Å²) in [5, 5.41) is 7.42. The van der Waals surface area contributed by atoms with Gasteiger partial charge in [-0.1, -0.05) is 72.8 Å². The van der Waals surface area contributed by atoms with Crippen LogP contribution in [0.15, 0.2) is 90.0 Å². The van der Waals surface area contributed by atoms with Crippen molar-refractivity contribution in [3.63, 3.8) is 0 Å². The summed E-state index contributed by atoms with van der Waals surface area (Å²) in [4.78, 5) is 0. The number of nitrogens with zero attached hydrogens (tertiary/aromatic N) is 2. The maximum absolute atomic E-state index is 13.6. The first-order chi connectivity index (χ1) is 17.2. The molecule has 4 heteroatoms. The molecule has 2 aliphatic rings. The standard InChI is InChI=1S/C31H35FN2O/c1-23-30(27-10-6-3-7-11-27)31(28-16-18-29(32)19-17-28)33-34(23)20-24-12-14-26(15-13-24)22-35-21-25-8-4-2-5-9-25/h2-11,16-19,23-24,26,30H,12-15,20-22H2,1H3. The summed E-state index contributed by atoms with van der Waals surface area (Å²) >= 11 is 0.